The summed E-state index contributed by atoms with van der Waals surface area (Å²) in [5, 5.41) is 32.3. The first-order valence-electron chi connectivity index (χ1n) is 13.4. The highest BCUT2D eigenvalue weighted by molar-refractivity contribution is 6.31. The maximum atomic E-state index is 14.2. The molecule has 0 unspecified atom stereocenters. The third-order valence-electron chi connectivity index (χ3n) is 7.80. The number of nitrogens with one attached hydrogen (secondary N) is 2. The third kappa shape index (κ3) is 4.39. The molecule has 0 saturated carbocycles. The molecule has 1 aliphatic heterocycles. The number of carbonyl (C=O) groups is 3. The van der Waals surface area contributed by atoms with Crippen molar-refractivity contribution in [3.05, 3.63) is 87.3 Å². The van der Waals surface area contributed by atoms with Gasteiger partial charge in [0.1, 0.15) is 39.8 Å². The van der Waals surface area contributed by atoms with Crippen LogP contribution in [-0.4, -0.2) is 42.7 Å². The summed E-state index contributed by atoms with van der Waals surface area (Å²) in [5.41, 5.74) is -0.444. The van der Waals surface area contributed by atoms with Crippen LogP contribution in [0.3, 0.4) is 0 Å². The van der Waals surface area contributed by atoms with Crippen LogP contribution < -0.4 is 10.1 Å². The van der Waals surface area contributed by atoms with E-state index in [0.717, 1.165) is 5.56 Å². The van der Waals surface area contributed by atoms with Crippen molar-refractivity contribution >= 4 is 17.3 Å². The minimum Gasteiger partial charge on any atom is -0.507 e. The van der Waals surface area contributed by atoms with Crippen molar-refractivity contribution < 1.29 is 29.3 Å². The van der Waals surface area contributed by atoms with Crippen molar-refractivity contribution in [2.45, 2.75) is 65.3 Å². The highest BCUT2D eigenvalue weighted by atomic mass is 16.5. The number of aromatic hydroxyl groups is 2. The zero-order chi connectivity index (χ0) is 29.8. The van der Waals surface area contributed by atoms with E-state index in [-0.39, 0.29) is 45.4 Å². The Labute approximate surface area is 237 Å². The zero-order valence-corrected chi connectivity index (χ0v) is 23.7. The maximum Gasteiger partial charge on any atom is 0.194 e. The Balaban J connectivity index is 1.60. The van der Waals surface area contributed by atoms with Crippen molar-refractivity contribution in [3.63, 3.8) is 0 Å². The minimum absolute atomic E-state index is 0.0144. The fourth-order valence-corrected chi connectivity index (χ4v) is 5.46. The molecule has 3 aromatic rings. The topological polar surface area (TPSA) is 154 Å². The van der Waals surface area contributed by atoms with Crippen LogP contribution in [-0.2, 0) is 21.4 Å². The van der Waals surface area contributed by atoms with E-state index in [1.54, 1.807) is 13.8 Å². The predicted molar refractivity (Wildman–Crippen MR) is 150 cm³/mol. The number of ketones is 3. The smallest absolute Gasteiger partial charge is 0.194 e. The molecular formula is C31H32N4O6. The van der Waals surface area contributed by atoms with Gasteiger partial charge in [0.25, 0.3) is 0 Å². The Kier molecular flexibility index (Phi) is 6.81. The standard InChI is InChI=1S/C31H32N4O6/c1-14(2)29-33-30(35-34-29)19(12-18-10-8-7-9-11-18)32-16(4)22-20(37)13-21-31(6,28(22)40)24-26(39)15(3)25(38)23(17(5)36)27(24)41-21/h7-11,13-14,19,32,38-39H,12H2,1-6H3,(H,33,34,35)/b22-16+/t19-,31-/m1/s1. The molecule has 0 amide bonds. The molecule has 0 bridgehead atoms. The van der Waals surface area contributed by atoms with E-state index in [0.29, 0.717) is 23.8 Å². The second-order valence-electron chi connectivity index (χ2n) is 11.0. The predicted octanol–water partition coefficient (Wildman–Crippen LogP) is 4.38. The van der Waals surface area contributed by atoms with Gasteiger partial charge in [0, 0.05) is 23.3 Å². The van der Waals surface area contributed by atoms with Crippen molar-refractivity contribution in [3.8, 4) is 17.2 Å². The highest BCUT2D eigenvalue weighted by Crippen LogP contribution is 2.57. The van der Waals surface area contributed by atoms with Crippen molar-refractivity contribution in [1.29, 1.82) is 0 Å². The number of hydrogen-bond acceptors (Lipinski definition) is 9. The van der Waals surface area contributed by atoms with Gasteiger partial charge in [-0.3, -0.25) is 19.5 Å². The highest BCUT2D eigenvalue weighted by Gasteiger charge is 2.56. The lowest BCUT2D eigenvalue weighted by atomic mass is 9.70. The lowest BCUT2D eigenvalue weighted by molar-refractivity contribution is -0.123. The Morgan fingerprint density at radius 3 is 2.41 bits per heavy atom. The van der Waals surface area contributed by atoms with Gasteiger partial charge in [-0.1, -0.05) is 44.2 Å². The molecule has 1 aromatic heterocycles. The quantitative estimate of drug-likeness (QED) is 0.188. The average molecular weight is 557 g/mol. The minimum atomic E-state index is -1.60. The molecular weight excluding hydrogens is 524 g/mol. The van der Waals surface area contributed by atoms with Gasteiger partial charge in [0.2, 0.25) is 0 Å². The molecule has 0 spiro atoms. The fraction of sp³-hybridized carbons (Fsp3) is 0.323. The van der Waals surface area contributed by atoms with E-state index in [1.807, 2.05) is 44.2 Å². The summed E-state index contributed by atoms with van der Waals surface area (Å²) < 4.78 is 5.86. The molecule has 0 fully saturated rings. The lowest BCUT2D eigenvalue weighted by Gasteiger charge is -2.29. The Morgan fingerprint density at radius 2 is 1.80 bits per heavy atom. The van der Waals surface area contributed by atoms with Crippen LogP contribution in [0.15, 0.2) is 53.4 Å². The van der Waals surface area contributed by atoms with E-state index >= 15 is 0 Å². The molecule has 41 heavy (non-hydrogen) atoms. The molecule has 2 aliphatic rings. The molecule has 2 atom stereocenters. The number of H-pyrrole nitrogens is 1. The average Bonchev–Trinajstić information content (AvgIpc) is 3.52. The summed E-state index contributed by atoms with van der Waals surface area (Å²) in [6, 6.07) is 9.28. The third-order valence-corrected chi connectivity index (χ3v) is 7.80. The summed E-state index contributed by atoms with van der Waals surface area (Å²) in [6.45, 7) is 9.85. The van der Waals surface area contributed by atoms with Crippen LogP contribution in [0.4, 0.5) is 0 Å². The van der Waals surface area contributed by atoms with Crippen LogP contribution in [0, 0.1) is 6.92 Å². The molecule has 2 heterocycles. The fourth-order valence-electron chi connectivity index (χ4n) is 5.46. The normalized spacial score (nSPS) is 19.8. The van der Waals surface area contributed by atoms with Crippen molar-refractivity contribution in [2.24, 2.45) is 0 Å². The van der Waals surface area contributed by atoms with Crippen LogP contribution in [0.25, 0.3) is 0 Å². The number of benzene rings is 2. The van der Waals surface area contributed by atoms with E-state index in [4.69, 9.17) is 4.74 Å². The summed E-state index contributed by atoms with van der Waals surface area (Å²) in [6.07, 6.45) is 1.70. The molecule has 0 saturated heterocycles. The number of fused-ring (bicyclic) bond motifs is 3. The molecule has 10 nitrogen and oxygen atoms in total. The van der Waals surface area contributed by atoms with Crippen molar-refractivity contribution in [2.75, 3.05) is 0 Å². The number of Topliss-reactive ketones (excluding diaryl/α,β-unsaturated/α-hetero) is 2. The van der Waals surface area contributed by atoms with Crippen LogP contribution >= 0.6 is 0 Å². The Bertz CT molecular complexity index is 1670. The number of aromatic nitrogens is 3. The van der Waals surface area contributed by atoms with E-state index in [1.165, 1.54) is 19.9 Å². The van der Waals surface area contributed by atoms with Gasteiger partial charge in [-0.2, -0.15) is 5.10 Å². The molecule has 10 heteroatoms. The van der Waals surface area contributed by atoms with Gasteiger partial charge in [0.15, 0.2) is 23.2 Å². The van der Waals surface area contributed by atoms with Gasteiger partial charge < -0.3 is 20.3 Å². The second kappa shape index (κ2) is 10.0. The Morgan fingerprint density at radius 1 is 1.12 bits per heavy atom. The van der Waals surface area contributed by atoms with Gasteiger partial charge in [0.05, 0.1) is 17.2 Å². The summed E-state index contributed by atoms with van der Waals surface area (Å²) in [4.78, 5) is 44.7. The second-order valence-corrected chi connectivity index (χ2v) is 11.0. The number of hydrogen-bond donors (Lipinski definition) is 4. The van der Waals surface area contributed by atoms with Gasteiger partial charge in [-0.25, -0.2) is 4.98 Å². The van der Waals surface area contributed by atoms with Crippen molar-refractivity contribution in [1.82, 2.24) is 20.5 Å². The molecule has 2 aromatic carbocycles. The maximum absolute atomic E-state index is 14.2. The first-order chi connectivity index (χ1) is 19.4. The number of phenolic OH excluding ortho intramolecular Hbond substituents is 2. The molecule has 4 N–H and O–H groups in total. The van der Waals surface area contributed by atoms with E-state index in [9.17, 15) is 24.6 Å². The SMILES string of the molecule is CC(=O)c1c(O)c(C)c(O)c2c1OC1=CC(=O)/C(=C(/C)N[C@H](Cc3ccccc3)c3nc(C(C)C)n[nH]3)C(=O)[C@]12C. The van der Waals surface area contributed by atoms with Crippen LogP contribution in [0.5, 0.6) is 17.2 Å². The van der Waals surface area contributed by atoms with Gasteiger partial charge in [-0.05, 0) is 39.7 Å². The molecule has 212 valence electrons. The largest absolute Gasteiger partial charge is 0.507 e. The number of rotatable bonds is 7. The Hall–Kier alpha value is -4.73. The zero-order valence-electron chi connectivity index (χ0n) is 23.7. The van der Waals surface area contributed by atoms with Crippen LogP contribution in [0.2, 0.25) is 0 Å². The number of aromatic amines is 1. The number of phenols is 2. The van der Waals surface area contributed by atoms with Crippen LogP contribution in [0.1, 0.15) is 85.3 Å². The van der Waals surface area contributed by atoms with Gasteiger partial charge in [-0.15, -0.1) is 0 Å². The van der Waals surface area contributed by atoms with Gasteiger partial charge >= 0.3 is 0 Å². The number of nitrogens with zero attached hydrogens (tertiary/aromatic N) is 2. The summed E-state index contributed by atoms with van der Waals surface area (Å²) in [5.74, 6) is -1.32. The monoisotopic (exact) mass is 556 g/mol. The van der Waals surface area contributed by atoms with E-state index < -0.39 is 34.6 Å². The molecule has 5 rings (SSSR count). The number of ether oxygens (including phenoxy) is 1. The molecule has 1 aliphatic carbocycles. The number of carbonyl (C=O) groups excluding carboxylic acids is 3. The number of allylic oxidation sites excluding steroid dienone is 4. The summed E-state index contributed by atoms with van der Waals surface area (Å²) in [7, 11) is 0. The molecule has 0 radical (unpaired) electrons. The first kappa shape index (κ1) is 27.8. The van der Waals surface area contributed by atoms with E-state index in [2.05, 4.69) is 20.5 Å². The lowest BCUT2D eigenvalue weighted by Crippen LogP contribution is -2.41. The summed E-state index contributed by atoms with van der Waals surface area (Å²) >= 11 is 0. The first-order valence-corrected chi connectivity index (χ1v) is 13.4.